The van der Waals surface area contributed by atoms with E-state index in [0.29, 0.717) is 12.2 Å². The molecule has 0 saturated carbocycles. The van der Waals surface area contributed by atoms with Crippen LogP contribution in [0.3, 0.4) is 0 Å². The zero-order valence-corrected chi connectivity index (χ0v) is 11.0. The number of aliphatic carboxylic acids is 2. The molecule has 7 nitrogen and oxygen atoms in total. The van der Waals surface area contributed by atoms with Crippen LogP contribution in [-0.2, 0) is 9.59 Å². The Balaban J connectivity index is 0.000000396. The zero-order chi connectivity index (χ0) is 15.5. The van der Waals surface area contributed by atoms with Gasteiger partial charge in [0.1, 0.15) is 0 Å². The maximum absolute atomic E-state index is 9.55. The van der Waals surface area contributed by atoms with Gasteiger partial charge in [0.2, 0.25) is 0 Å². The Labute approximate surface area is 116 Å². The normalized spacial score (nSPS) is 11.8. The van der Waals surface area contributed by atoms with E-state index < -0.39 is 11.9 Å². The monoisotopic (exact) mass is 282 g/mol. The highest BCUT2D eigenvalue weighted by molar-refractivity contribution is 5.89. The first-order valence-electron chi connectivity index (χ1n) is 5.65. The molecule has 0 saturated heterocycles. The first-order valence-corrected chi connectivity index (χ1v) is 5.65. The molecule has 0 aliphatic rings. The lowest BCUT2D eigenvalue weighted by atomic mass is 10.1. The minimum atomic E-state index is -1.26. The lowest BCUT2D eigenvalue weighted by Crippen LogP contribution is -2.33. The number of aliphatic hydroxyl groups excluding tert-OH is 1. The van der Waals surface area contributed by atoms with Crippen molar-refractivity contribution in [3.63, 3.8) is 0 Å². The fourth-order valence-electron chi connectivity index (χ4n) is 1.29. The predicted octanol–water partition coefficient (Wildman–Crippen LogP) is 0.237. The van der Waals surface area contributed by atoms with Gasteiger partial charge in [0.05, 0.1) is 12.6 Å². The average Bonchev–Trinajstić information content (AvgIpc) is 2.39. The fraction of sp³-hybridized carbons (Fsp3) is 0.231. The Morgan fingerprint density at radius 2 is 1.65 bits per heavy atom. The van der Waals surface area contributed by atoms with Crippen LogP contribution >= 0.6 is 0 Å². The molecule has 0 fully saturated rings. The van der Waals surface area contributed by atoms with Crippen molar-refractivity contribution in [2.24, 2.45) is 5.84 Å². The quantitative estimate of drug-likeness (QED) is 0.346. The van der Waals surface area contributed by atoms with Crippen molar-refractivity contribution in [3.8, 4) is 0 Å². The summed E-state index contributed by atoms with van der Waals surface area (Å²) in [5.41, 5.74) is 1.03. The molecule has 0 aliphatic carbocycles. The summed E-state index contributed by atoms with van der Waals surface area (Å²) >= 11 is 0. The second-order valence-electron chi connectivity index (χ2n) is 3.78. The minimum Gasteiger partial charge on any atom is -0.478 e. The lowest BCUT2D eigenvalue weighted by Gasteiger charge is -2.21. The van der Waals surface area contributed by atoms with Crippen molar-refractivity contribution in [1.82, 2.24) is 5.01 Å². The molecule has 1 aromatic carbocycles. The lowest BCUT2D eigenvalue weighted by molar-refractivity contribution is -0.134. The minimum absolute atomic E-state index is 0.0387. The van der Waals surface area contributed by atoms with Gasteiger partial charge in [-0.1, -0.05) is 30.3 Å². The van der Waals surface area contributed by atoms with Gasteiger partial charge in [-0.2, -0.15) is 0 Å². The number of benzene rings is 1. The molecule has 1 atom stereocenters. The van der Waals surface area contributed by atoms with Gasteiger partial charge in [-0.3, -0.25) is 5.84 Å². The molecule has 0 aromatic heterocycles. The van der Waals surface area contributed by atoms with E-state index in [0.717, 1.165) is 5.56 Å². The number of likely N-dealkylation sites (N-methyl/N-ethyl adjacent to an activating group) is 1. The summed E-state index contributed by atoms with van der Waals surface area (Å²) in [4.78, 5) is 19.1. The van der Waals surface area contributed by atoms with Crippen molar-refractivity contribution < 1.29 is 24.9 Å². The smallest absolute Gasteiger partial charge is 0.328 e. The molecule has 0 spiro atoms. The summed E-state index contributed by atoms with van der Waals surface area (Å²) in [6.07, 6.45) is 1.12. The molecule has 1 aromatic rings. The Kier molecular flexibility index (Phi) is 8.60. The molecule has 0 bridgehead atoms. The van der Waals surface area contributed by atoms with E-state index >= 15 is 0 Å². The first-order chi connectivity index (χ1) is 9.38. The van der Waals surface area contributed by atoms with Crippen molar-refractivity contribution >= 4 is 11.9 Å². The number of nitrogens with zero attached hydrogens (tertiary/aromatic N) is 1. The Bertz CT molecular complexity index is 429. The van der Waals surface area contributed by atoms with E-state index in [9.17, 15) is 9.59 Å². The molecule has 1 rings (SSSR count). The molecule has 110 valence electrons. The summed E-state index contributed by atoms with van der Waals surface area (Å²) in [6.45, 7) is 0.0387. The highest BCUT2D eigenvalue weighted by Gasteiger charge is 2.11. The molecular formula is C13H18N2O5. The number of rotatable bonds is 5. The Morgan fingerprint density at radius 1 is 1.20 bits per heavy atom. The number of carbonyl (C=O) groups is 2. The summed E-state index contributed by atoms with van der Waals surface area (Å²) in [6, 6.07) is 9.59. The number of carboxylic acid groups (broad SMARTS) is 2. The molecule has 5 N–H and O–H groups in total. The molecule has 0 amide bonds. The van der Waals surface area contributed by atoms with Crippen LogP contribution < -0.4 is 5.84 Å². The van der Waals surface area contributed by atoms with Crippen LogP contribution in [0.1, 0.15) is 11.6 Å². The van der Waals surface area contributed by atoms with Crippen molar-refractivity contribution in [2.45, 2.75) is 6.04 Å². The molecule has 7 heteroatoms. The average molecular weight is 282 g/mol. The number of nitrogens with two attached hydrogens (primary N) is 1. The maximum atomic E-state index is 9.55. The van der Waals surface area contributed by atoms with Gasteiger partial charge in [0.15, 0.2) is 0 Å². The number of hydrazine groups is 1. The van der Waals surface area contributed by atoms with E-state index in [4.69, 9.17) is 21.2 Å². The Morgan fingerprint density at radius 3 is 1.95 bits per heavy atom. The van der Waals surface area contributed by atoms with E-state index in [1.165, 1.54) is 5.01 Å². The van der Waals surface area contributed by atoms with Gasteiger partial charge in [0, 0.05) is 19.2 Å². The number of hydrogen-bond donors (Lipinski definition) is 4. The van der Waals surface area contributed by atoms with Crippen molar-refractivity contribution in [1.29, 1.82) is 0 Å². The molecular weight excluding hydrogens is 264 g/mol. The van der Waals surface area contributed by atoms with Crippen LogP contribution in [0.25, 0.3) is 0 Å². The van der Waals surface area contributed by atoms with Crippen molar-refractivity contribution in [2.75, 3.05) is 13.7 Å². The van der Waals surface area contributed by atoms with Crippen LogP contribution in [0, 0.1) is 0 Å². The SMILES string of the molecule is CN(N)C(CO)c1ccccc1.O=C(O)/C=C\C(=O)O. The largest absolute Gasteiger partial charge is 0.478 e. The van der Waals surface area contributed by atoms with E-state index in [1.807, 2.05) is 30.3 Å². The van der Waals surface area contributed by atoms with Crippen molar-refractivity contribution in [3.05, 3.63) is 48.0 Å². The molecule has 0 radical (unpaired) electrons. The fourth-order valence-corrected chi connectivity index (χ4v) is 1.29. The third kappa shape index (κ3) is 7.98. The van der Waals surface area contributed by atoms with Gasteiger partial charge in [-0.05, 0) is 5.56 Å². The second kappa shape index (κ2) is 9.68. The van der Waals surface area contributed by atoms with Crippen LogP contribution in [-0.4, -0.2) is 45.9 Å². The molecule has 20 heavy (non-hydrogen) atoms. The van der Waals surface area contributed by atoms with Gasteiger partial charge in [-0.25, -0.2) is 14.6 Å². The highest BCUT2D eigenvalue weighted by atomic mass is 16.4. The van der Waals surface area contributed by atoms with Crippen LogP contribution in [0.15, 0.2) is 42.5 Å². The summed E-state index contributed by atoms with van der Waals surface area (Å²) < 4.78 is 0. The third-order valence-electron chi connectivity index (χ3n) is 2.22. The van der Waals surface area contributed by atoms with E-state index in [2.05, 4.69) is 0 Å². The topological polar surface area (TPSA) is 124 Å². The number of hydrogen-bond acceptors (Lipinski definition) is 5. The second-order valence-corrected chi connectivity index (χ2v) is 3.78. The first kappa shape index (κ1) is 17.8. The van der Waals surface area contributed by atoms with E-state index in [1.54, 1.807) is 7.05 Å². The maximum Gasteiger partial charge on any atom is 0.328 e. The zero-order valence-electron chi connectivity index (χ0n) is 11.0. The number of aliphatic hydroxyl groups is 1. The highest BCUT2D eigenvalue weighted by Crippen LogP contribution is 2.14. The predicted molar refractivity (Wildman–Crippen MR) is 72.6 cm³/mol. The van der Waals surface area contributed by atoms with Gasteiger partial charge >= 0.3 is 11.9 Å². The van der Waals surface area contributed by atoms with E-state index in [-0.39, 0.29) is 12.6 Å². The third-order valence-corrected chi connectivity index (χ3v) is 2.22. The number of carboxylic acids is 2. The summed E-state index contributed by atoms with van der Waals surface area (Å²) in [5, 5.41) is 26.2. The molecule has 0 aliphatic heterocycles. The summed E-state index contributed by atoms with van der Waals surface area (Å²) in [7, 11) is 1.74. The molecule has 1 unspecified atom stereocenters. The van der Waals surface area contributed by atoms with Crippen LogP contribution in [0.5, 0.6) is 0 Å². The summed E-state index contributed by atoms with van der Waals surface area (Å²) in [5.74, 6) is 3.04. The van der Waals surface area contributed by atoms with Gasteiger partial charge < -0.3 is 15.3 Å². The Hall–Kier alpha value is -2.22. The van der Waals surface area contributed by atoms with Gasteiger partial charge in [-0.15, -0.1) is 0 Å². The molecule has 0 heterocycles. The van der Waals surface area contributed by atoms with Crippen LogP contribution in [0.4, 0.5) is 0 Å². The van der Waals surface area contributed by atoms with Gasteiger partial charge in [0.25, 0.3) is 0 Å². The standard InChI is InChI=1S/C9H14N2O.C4H4O4/c1-11(10)9(7-12)8-5-3-2-4-6-8;5-3(6)1-2-4(7)8/h2-6,9,12H,7,10H2,1H3;1-2H,(H,5,6)(H,7,8)/b;2-1-. The van der Waals surface area contributed by atoms with Crippen LogP contribution in [0.2, 0.25) is 0 Å².